The van der Waals surface area contributed by atoms with E-state index >= 15 is 0 Å². The first-order valence-corrected chi connectivity index (χ1v) is 14.4. The first-order valence-electron chi connectivity index (χ1n) is 13.0. The fraction of sp³-hybridized carbons (Fsp3) is 0.207. The lowest BCUT2D eigenvalue weighted by Gasteiger charge is -2.21. The second kappa shape index (κ2) is 12.7. The normalized spacial score (nSPS) is 13.5. The molecule has 10 nitrogen and oxygen atoms in total. The van der Waals surface area contributed by atoms with Crippen molar-refractivity contribution in [3.05, 3.63) is 91.0 Å². The van der Waals surface area contributed by atoms with Crippen LogP contribution in [0.25, 0.3) is 11.3 Å². The average Bonchev–Trinajstić information content (AvgIpc) is 3.51. The molecule has 0 amide bonds. The Bertz CT molecular complexity index is 1580. The Morgan fingerprint density at radius 3 is 2.41 bits per heavy atom. The number of rotatable bonds is 12. The molecule has 0 aliphatic carbocycles. The predicted octanol–water partition coefficient (Wildman–Crippen LogP) is 4.78. The van der Waals surface area contributed by atoms with Crippen molar-refractivity contribution in [2.75, 3.05) is 36.0 Å². The van der Waals surface area contributed by atoms with Gasteiger partial charge in [-0.05, 0) is 86.6 Å². The number of anilines is 3. The number of nitrogens with one attached hydrogen (secondary N) is 1. The maximum absolute atomic E-state index is 14.2. The monoisotopic (exact) mass is 577 g/mol. The van der Waals surface area contributed by atoms with Crippen LogP contribution >= 0.6 is 0 Å². The van der Waals surface area contributed by atoms with Crippen LogP contribution in [0, 0.1) is 5.82 Å². The van der Waals surface area contributed by atoms with Crippen molar-refractivity contribution >= 4 is 33.7 Å². The molecule has 2 heterocycles. The molecule has 0 radical (unpaired) electrons. The first kappa shape index (κ1) is 28.0. The van der Waals surface area contributed by atoms with Crippen LogP contribution in [0.4, 0.5) is 21.6 Å². The zero-order valence-electron chi connectivity index (χ0n) is 22.0. The molecule has 0 atom stereocenters. The highest BCUT2D eigenvalue weighted by atomic mass is 32.2. The van der Waals surface area contributed by atoms with Gasteiger partial charge in [0.2, 0.25) is 0 Å². The topological polar surface area (TPSA) is 114 Å². The smallest absolute Gasteiger partial charge is 0.322 e. The highest BCUT2D eigenvalue weighted by Crippen LogP contribution is 2.28. The van der Waals surface area contributed by atoms with Crippen molar-refractivity contribution in [1.82, 2.24) is 14.9 Å². The summed E-state index contributed by atoms with van der Waals surface area (Å²) in [6.07, 6.45) is 3.95. The predicted molar refractivity (Wildman–Crippen MR) is 152 cm³/mol. The van der Waals surface area contributed by atoms with Crippen LogP contribution in [0.15, 0.2) is 90.1 Å². The number of ether oxygens (including phenoxy) is 1. The summed E-state index contributed by atoms with van der Waals surface area (Å²) in [7, 11) is -4.51. The standard InChI is InChI=1S/C29H28FN5O5S/c30-26-5-1-2-6-28(26)41(37,38)35(40-21-36)24-11-9-23(10-12-24)33-29-19-27(31-20-32-29)22-7-13-25(14-8-22)39-18-17-34-15-3-4-16-34/h1-2,5-14,19-21H,3-4,15-18H2,(H,31,32,33). The van der Waals surface area contributed by atoms with Gasteiger partial charge in [-0.15, -0.1) is 0 Å². The van der Waals surface area contributed by atoms with Gasteiger partial charge in [0.1, 0.15) is 35.2 Å². The molecule has 0 unspecified atom stereocenters. The molecule has 0 bridgehead atoms. The number of sulfonamides is 1. The van der Waals surface area contributed by atoms with E-state index in [1.807, 2.05) is 24.3 Å². The molecule has 12 heteroatoms. The zero-order chi connectivity index (χ0) is 28.7. The average molecular weight is 578 g/mol. The summed E-state index contributed by atoms with van der Waals surface area (Å²) in [5.74, 6) is 0.336. The summed E-state index contributed by atoms with van der Waals surface area (Å²) in [6, 6.07) is 20.3. The number of halogens is 1. The highest BCUT2D eigenvalue weighted by Gasteiger charge is 2.29. The third-order valence-electron chi connectivity index (χ3n) is 6.51. The molecule has 0 spiro atoms. The van der Waals surface area contributed by atoms with Gasteiger partial charge in [-0.1, -0.05) is 16.6 Å². The van der Waals surface area contributed by atoms with Gasteiger partial charge in [-0.2, -0.15) is 8.42 Å². The van der Waals surface area contributed by atoms with E-state index in [4.69, 9.17) is 9.57 Å². The summed E-state index contributed by atoms with van der Waals surface area (Å²) < 4.78 is 46.4. The second-order valence-electron chi connectivity index (χ2n) is 9.25. The number of nitrogens with zero attached hydrogens (tertiary/aromatic N) is 4. The van der Waals surface area contributed by atoms with Gasteiger partial charge in [-0.25, -0.2) is 14.4 Å². The van der Waals surface area contributed by atoms with Crippen LogP contribution < -0.4 is 14.5 Å². The van der Waals surface area contributed by atoms with Crippen molar-refractivity contribution in [3.63, 3.8) is 0 Å². The number of carbonyl (C=O) groups excluding carboxylic acids is 1. The summed E-state index contributed by atoms with van der Waals surface area (Å²) in [5, 5.41) is 3.14. The molecule has 41 heavy (non-hydrogen) atoms. The minimum Gasteiger partial charge on any atom is -0.492 e. The molecule has 4 aromatic rings. The third-order valence-corrected chi connectivity index (χ3v) is 8.13. The van der Waals surface area contributed by atoms with E-state index in [9.17, 15) is 17.6 Å². The lowest BCUT2D eigenvalue weighted by atomic mass is 10.1. The van der Waals surface area contributed by atoms with Crippen LogP contribution in [0.3, 0.4) is 0 Å². The maximum atomic E-state index is 14.2. The minimum absolute atomic E-state index is 0.00276. The van der Waals surface area contributed by atoms with Gasteiger partial charge < -0.3 is 14.9 Å². The zero-order valence-corrected chi connectivity index (χ0v) is 22.8. The molecular weight excluding hydrogens is 549 g/mol. The Morgan fingerprint density at radius 1 is 0.976 bits per heavy atom. The molecule has 1 aliphatic rings. The summed E-state index contributed by atoms with van der Waals surface area (Å²) in [6.45, 7) is 3.81. The molecular formula is C29H28FN5O5S. The second-order valence-corrected chi connectivity index (χ2v) is 11.0. The fourth-order valence-electron chi connectivity index (χ4n) is 4.46. The molecule has 5 rings (SSSR count). The molecule has 1 N–H and O–H groups in total. The third kappa shape index (κ3) is 6.79. The van der Waals surface area contributed by atoms with E-state index in [0.29, 0.717) is 28.3 Å². The van der Waals surface area contributed by atoms with Gasteiger partial charge in [0.25, 0.3) is 10.0 Å². The molecule has 1 fully saturated rings. The van der Waals surface area contributed by atoms with Crippen molar-refractivity contribution in [2.24, 2.45) is 0 Å². The van der Waals surface area contributed by atoms with E-state index in [0.717, 1.165) is 43.1 Å². The number of benzene rings is 3. The quantitative estimate of drug-likeness (QED) is 0.188. The molecule has 3 aromatic carbocycles. The van der Waals surface area contributed by atoms with Crippen molar-refractivity contribution in [3.8, 4) is 17.0 Å². The first-order chi connectivity index (χ1) is 19.9. The molecule has 1 aliphatic heterocycles. The van der Waals surface area contributed by atoms with Crippen LogP contribution in [0.5, 0.6) is 5.75 Å². The molecule has 1 aromatic heterocycles. The number of hydrogen-bond donors (Lipinski definition) is 1. The van der Waals surface area contributed by atoms with Crippen LogP contribution in [-0.2, 0) is 19.7 Å². The Morgan fingerprint density at radius 2 is 1.71 bits per heavy atom. The van der Waals surface area contributed by atoms with Gasteiger partial charge in [0, 0.05) is 23.9 Å². The minimum atomic E-state index is -4.51. The van der Waals surface area contributed by atoms with Crippen LogP contribution in [0.1, 0.15) is 12.8 Å². The van der Waals surface area contributed by atoms with Crippen LogP contribution in [0.2, 0.25) is 0 Å². The summed E-state index contributed by atoms with van der Waals surface area (Å²) in [4.78, 5) is 26.2. The number of carbonyl (C=O) groups is 1. The summed E-state index contributed by atoms with van der Waals surface area (Å²) in [5.41, 5.74) is 2.16. The Kier molecular flexibility index (Phi) is 8.70. The SMILES string of the molecule is O=CON(c1ccc(Nc2cc(-c3ccc(OCCN4CCCC4)cc3)ncn2)cc1)S(=O)(=O)c1ccccc1F. The Balaban J connectivity index is 1.25. The lowest BCUT2D eigenvalue weighted by molar-refractivity contribution is -0.128. The number of hydrogen-bond acceptors (Lipinski definition) is 9. The number of aromatic nitrogens is 2. The maximum Gasteiger partial charge on any atom is 0.322 e. The van der Waals surface area contributed by atoms with E-state index in [1.54, 1.807) is 18.2 Å². The van der Waals surface area contributed by atoms with Crippen molar-refractivity contribution in [1.29, 1.82) is 0 Å². The van der Waals surface area contributed by atoms with E-state index in [-0.39, 0.29) is 12.2 Å². The summed E-state index contributed by atoms with van der Waals surface area (Å²) >= 11 is 0. The molecule has 212 valence electrons. The number of likely N-dealkylation sites (tertiary alicyclic amines) is 1. The molecule has 0 saturated carbocycles. The van der Waals surface area contributed by atoms with Gasteiger partial charge in [0.05, 0.1) is 11.4 Å². The van der Waals surface area contributed by atoms with Crippen LogP contribution in [-0.4, -0.2) is 56.0 Å². The van der Waals surface area contributed by atoms with E-state index in [1.165, 1.54) is 43.4 Å². The van der Waals surface area contributed by atoms with Gasteiger partial charge >= 0.3 is 6.47 Å². The molecule has 1 saturated heterocycles. The van der Waals surface area contributed by atoms with Gasteiger partial charge in [-0.3, -0.25) is 9.69 Å². The van der Waals surface area contributed by atoms with Crippen molar-refractivity contribution in [2.45, 2.75) is 17.7 Å². The Hall–Kier alpha value is -4.55. The van der Waals surface area contributed by atoms with Gasteiger partial charge in [0.15, 0.2) is 0 Å². The largest absolute Gasteiger partial charge is 0.492 e. The van der Waals surface area contributed by atoms with E-state index < -0.39 is 20.7 Å². The lowest BCUT2D eigenvalue weighted by Crippen LogP contribution is -2.31. The Labute approximate surface area is 237 Å². The highest BCUT2D eigenvalue weighted by molar-refractivity contribution is 7.92. The fourth-order valence-corrected chi connectivity index (χ4v) is 5.75. The van der Waals surface area contributed by atoms with E-state index in [2.05, 4.69) is 20.2 Å². The van der Waals surface area contributed by atoms with Crippen molar-refractivity contribution < 1.29 is 27.2 Å².